The Labute approximate surface area is 258 Å². The van der Waals surface area contributed by atoms with Crippen LogP contribution in [0.5, 0.6) is 0 Å². The van der Waals surface area contributed by atoms with Gasteiger partial charge in [-0.05, 0) is 94.0 Å². The third kappa shape index (κ3) is 5.47. The molecule has 43 heavy (non-hydrogen) atoms. The van der Waals surface area contributed by atoms with Crippen LogP contribution in [-0.2, 0) is 17.6 Å². The largest absolute Gasteiger partial charge is 0.462 e. The first kappa shape index (κ1) is 29.1. The molecule has 0 saturated heterocycles. The number of hydrogen-bond donors (Lipinski definition) is 0. The molecule has 0 bridgehead atoms. The van der Waals surface area contributed by atoms with Crippen LogP contribution < -0.4 is 5.56 Å². The van der Waals surface area contributed by atoms with Gasteiger partial charge in [-0.1, -0.05) is 36.9 Å². The maximum Gasteiger partial charge on any atom is 0.338 e. The number of esters is 1. The number of para-hydroxylation sites is 1. The van der Waals surface area contributed by atoms with Gasteiger partial charge in [-0.25, -0.2) is 9.78 Å². The van der Waals surface area contributed by atoms with E-state index in [1.807, 2.05) is 66.9 Å². The molecule has 0 radical (unpaired) electrons. The van der Waals surface area contributed by atoms with Gasteiger partial charge in [-0.3, -0.25) is 14.2 Å². The van der Waals surface area contributed by atoms with Crippen molar-refractivity contribution in [3.8, 4) is 11.4 Å². The first-order valence-corrected chi connectivity index (χ1v) is 16.3. The molecule has 220 valence electrons. The Morgan fingerprint density at radius 1 is 1.05 bits per heavy atom. The van der Waals surface area contributed by atoms with E-state index in [0.717, 1.165) is 57.8 Å². The molecule has 0 aliphatic heterocycles. The number of hydrogen-bond acceptors (Lipinski definition) is 7. The van der Waals surface area contributed by atoms with E-state index in [4.69, 9.17) is 9.72 Å². The van der Waals surface area contributed by atoms with Crippen LogP contribution in [0.4, 0.5) is 0 Å². The van der Waals surface area contributed by atoms with Gasteiger partial charge in [-0.2, -0.15) is 0 Å². The summed E-state index contributed by atoms with van der Waals surface area (Å²) in [5.74, 6) is 0.332. The number of rotatable bonds is 8. The van der Waals surface area contributed by atoms with Gasteiger partial charge in [0.25, 0.3) is 5.56 Å². The molecule has 0 fully saturated rings. The number of aryl methyl sites for hydroxylation is 2. The number of aromatic nitrogens is 3. The number of Topliss-reactive ketones (excluding diaryl/α,β-unsaturated/α-hetero) is 1. The highest BCUT2D eigenvalue weighted by Crippen LogP contribution is 2.37. The van der Waals surface area contributed by atoms with Crippen LogP contribution in [0, 0.1) is 19.8 Å². The van der Waals surface area contributed by atoms with Crippen LogP contribution >= 0.6 is 23.1 Å². The lowest BCUT2D eigenvalue weighted by Gasteiger charge is -2.17. The maximum absolute atomic E-state index is 14.0. The fourth-order valence-corrected chi connectivity index (χ4v) is 8.20. The van der Waals surface area contributed by atoms with Crippen molar-refractivity contribution in [2.24, 2.45) is 5.92 Å². The normalized spacial score (nSPS) is 14.6. The molecule has 6 rings (SSSR count). The molecule has 2 aromatic carbocycles. The Hall–Kier alpha value is -3.95. The van der Waals surface area contributed by atoms with Gasteiger partial charge in [0.05, 0.1) is 29.0 Å². The van der Waals surface area contributed by atoms with Crippen molar-refractivity contribution in [3.05, 3.63) is 104 Å². The van der Waals surface area contributed by atoms with E-state index in [2.05, 4.69) is 6.92 Å². The predicted molar refractivity (Wildman–Crippen MR) is 173 cm³/mol. The maximum atomic E-state index is 14.0. The molecule has 3 aromatic heterocycles. The summed E-state index contributed by atoms with van der Waals surface area (Å²) >= 11 is 2.92. The molecule has 0 spiro atoms. The molecule has 0 amide bonds. The zero-order valence-corrected chi connectivity index (χ0v) is 26.3. The highest BCUT2D eigenvalue weighted by molar-refractivity contribution is 7.99. The number of thiophene rings is 1. The molecule has 1 aliphatic rings. The van der Waals surface area contributed by atoms with Gasteiger partial charge in [0.15, 0.2) is 10.9 Å². The Bertz CT molecular complexity index is 1900. The summed E-state index contributed by atoms with van der Waals surface area (Å²) < 4.78 is 8.77. The van der Waals surface area contributed by atoms with Crippen molar-refractivity contribution < 1.29 is 14.3 Å². The number of fused-ring (bicyclic) bond motifs is 3. The van der Waals surface area contributed by atoms with Crippen molar-refractivity contribution in [2.45, 2.75) is 52.1 Å². The van der Waals surface area contributed by atoms with Crippen LogP contribution in [0.25, 0.3) is 21.6 Å². The molecular weight excluding hydrogens is 579 g/mol. The average molecular weight is 612 g/mol. The number of carbonyl (C=O) groups is 2. The number of nitrogens with zero attached hydrogens (tertiary/aromatic N) is 3. The Balaban J connectivity index is 1.32. The van der Waals surface area contributed by atoms with Gasteiger partial charge < -0.3 is 9.30 Å². The van der Waals surface area contributed by atoms with E-state index >= 15 is 0 Å². The lowest BCUT2D eigenvalue weighted by molar-refractivity contribution is 0.0526. The van der Waals surface area contributed by atoms with Crippen LogP contribution in [0.2, 0.25) is 0 Å². The minimum Gasteiger partial charge on any atom is -0.462 e. The molecule has 1 atom stereocenters. The molecule has 0 N–H and O–H groups in total. The minimum atomic E-state index is -0.360. The third-order valence-electron chi connectivity index (χ3n) is 8.01. The molecule has 0 unspecified atom stereocenters. The van der Waals surface area contributed by atoms with E-state index in [0.29, 0.717) is 28.8 Å². The smallest absolute Gasteiger partial charge is 0.338 e. The van der Waals surface area contributed by atoms with E-state index < -0.39 is 0 Å². The van der Waals surface area contributed by atoms with E-state index in [-0.39, 0.29) is 23.1 Å². The molecule has 5 aromatic rings. The zero-order chi connectivity index (χ0) is 30.2. The summed E-state index contributed by atoms with van der Waals surface area (Å²) in [5, 5.41) is 1.25. The predicted octanol–water partition coefficient (Wildman–Crippen LogP) is 7.13. The lowest BCUT2D eigenvalue weighted by Crippen LogP contribution is -2.23. The molecular formula is C34H33N3O4S2. The Kier molecular flexibility index (Phi) is 8.11. The lowest BCUT2D eigenvalue weighted by atomic mass is 9.89. The van der Waals surface area contributed by atoms with Crippen molar-refractivity contribution >= 4 is 45.1 Å². The average Bonchev–Trinajstić information content (AvgIpc) is 3.52. The highest BCUT2D eigenvalue weighted by atomic mass is 32.2. The fourth-order valence-electron chi connectivity index (χ4n) is 5.88. The summed E-state index contributed by atoms with van der Waals surface area (Å²) in [5.41, 5.74) is 5.51. The van der Waals surface area contributed by atoms with Crippen LogP contribution in [0.1, 0.15) is 62.8 Å². The number of benzene rings is 2. The monoisotopic (exact) mass is 611 g/mol. The second kappa shape index (κ2) is 12.0. The summed E-state index contributed by atoms with van der Waals surface area (Å²) in [6, 6.07) is 18.6. The second-order valence-corrected chi connectivity index (χ2v) is 13.0. The zero-order valence-electron chi connectivity index (χ0n) is 24.7. The SMILES string of the molecule is CCOC(=O)c1ccc(-n2c(C)cc(C(=O)CSc3nc4sc5c(c4c(=O)n3-c3ccccc3)CC[C@H](C)C5)c2C)cc1. The summed E-state index contributed by atoms with van der Waals surface area (Å²) in [7, 11) is 0. The Morgan fingerprint density at radius 3 is 2.49 bits per heavy atom. The molecule has 1 aliphatic carbocycles. The number of carbonyl (C=O) groups excluding carboxylic acids is 2. The van der Waals surface area contributed by atoms with Crippen molar-refractivity contribution in [3.63, 3.8) is 0 Å². The van der Waals surface area contributed by atoms with E-state index in [9.17, 15) is 14.4 Å². The molecule has 9 heteroatoms. The van der Waals surface area contributed by atoms with Gasteiger partial charge >= 0.3 is 5.97 Å². The van der Waals surface area contributed by atoms with E-state index in [1.54, 1.807) is 35.0 Å². The summed E-state index contributed by atoms with van der Waals surface area (Å²) in [4.78, 5) is 46.8. The summed E-state index contributed by atoms with van der Waals surface area (Å²) in [6.07, 6.45) is 2.94. The molecule has 3 heterocycles. The minimum absolute atomic E-state index is 0.0410. The van der Waals surface area contributed by atoms with Crippen LogP contribution in [0.15, 0.2) is 70.6 Å². The molecule has 0 saturated carbocycles. The van der Waals surface area contributed by atoms with Gasteiger partial charge in [-0.15, -0.1) is 11.3 Å². The third-order valence-corrected chi connectivity index (χ3v) is 10.1. The number of ketones is 1. The van der Waals surface area contributed by atoms with E-state index in [1.165, 1.54) is 16.6 Å². The highest BCUT2D eigenvalue weighted by Gasteiger charge is 2.26. The fraction of sp³-hybridized carbons (Fsp3) is 0.294. The van der Waals surface area contributed by atoms with Gasteiger partial charge in [0.1, 0.15) is 4.83 Å². The van der Waals surface area contributed by atoms with Crippen molar-refractivity contribution in [1.29, 1.82) is 0 Å². The van der Waals surface area contributed by atoms with Gasteiger partial charge in [0, 0.05) is 27.5 Å². The topological polar surface area (TPSA) is 83.2 Å². The summed E-state index contributed by atoms with van der Waals surface area (Å²) in [6.45, 7) is 8.23. The number of thioether (sulfide) groups is 1. The van der Waals surface area contributed by atoms with Crippen LogP contribution in [-0.4, -0.2) is 38.2 Å². The number of ether oxygens (including phenoxy) is 1. The quantitative estimate of drug-likeness (QED) is 0.0804. The van der Waals surface area contributed by atoms with Crippen molar-refractivity contribution in [1.82, 2.24) is 14.1 Å². The first-order chi connectivity index (χ1) is 20.8. The standard InChI is InChI=1S/C34H33N3O4S2/c1-5-41-33(40)23-12-14-25(15-13-23)36-21(3)18-27(22(36)4)28(38)19-42-34-35-31-30(26-16-11-20(2)17-29(26)43-31)32(39)37(34)24-9-7-6-8-10-24/h6-10,12-15,18,20H,5,11,16-17,19H2,1-4H3/t20-/m0/s1. The Morgan fingerprint density at radius 2 is 1.77 bits per heavy atom. The molecule has 7 nitrogen and oxygen atoms in total. The van der Waals surface area contributed by atoms with Crippen LogP contribution in [0.3, 0.4) is 0 Å². The second-order valence-electron chi connectivity index (χ2n) is 11.0. The van der Waals surface area contributed by atoms with Crippen molar-refractivity contribution in [2.75, 3.05) is 12.4 Å². The first-order valence-electron chi connectivity index (χ1n) is 14.5. The van der Waals surface area contributed by atoms with Gasteiger partial charge in [0.2, 0.25) is 0 Å².